The van der Waals surface area contributed by atoms with Crippen LogP contribution in [0.1, 0.15) is 26.7 Å². The summed E-state index contributed by atoms with van der Waals surface area (Å²) in [6.45, 7) is 6.45. The highest BCUT2D eigenvalue weighted by Gasteiger charge is 2.24. The Morgan fingerprint density at radius 2 is 1.86 bits per heavy atom. The molecule has 3 rings (SSSR count). The summed E-state index contributed by atoms with van der Waals surface area (Å²) in [7, 11) is 0. The van der Waals surface area contributed by atoms with Gasteiger partial charge in [-0.25, -0.2) is 4.98 Å². The summed E-state index contributed by atoms with van der Waals surface area (Å²) in [6.07, 6.45) is 5.28. The van der Waals surface area contributed by atoms with Crippen molar-refractivity contribution in [2.75, 3.05) is 18.0 Å². The first-order chi connectivity index (χ1) is 10.1. The van der Waals surface area contributed by atoms with Gasteiger partial charge in [-0.2, -0.15) is 24.7 Å². The lowest BCUT2D eigenvalue weighted by Gasteiger charge is -2.33. The van der Waals surface area contributed by atoms with E-state index in [2.05, 4.69) is 43.8 Å². The van der Waals surface area contributed by atoms with Crippen LogP contribution in [0.4, 0.5) is 5.95 Å². The molecule has 0 bridgehead atoms. The summed E-state index contributed by atoms with van der Waals surface area (Å²) in [4.78, 5) is 18.8. The molecule has 0 spiro atoms. The lowest BCUT2D eigenvalue weighted by Crippen LogP contribution is -2.36. The van der Waals surface area contributed by atoms with Gasteiger partial charge in [-0.05, 0) is 36.3 Å². The second-order valence-electron chi connectivity index (χ2n) is 5.61. The third kappa shape index (κ3) is 3.12. The Morgan fingerprint density at radius 3 is 2.48 bits per heavy atom. The molecule has 0 unspecified atom stereocenters. The molecule has 1 fully saturated rings. The van der Waals surface area contributed by atoms with Gasteiger partial charge in [0.25, 0.3) is 5.95 Å². The molecule has 2 aromatic heterocycles. The molecule has 0 aromatic carbocycles. The van der Waals surface area contributed by atoms with Gasteiger partial charge in [0, 0.05) is 13.1 Å². The van der Waals surface area contributed by atoms with Gasteiger partial charge in [0.1, 0.15) is 12.7 Å². The molecule has 1 aliphatic heterocycles. The second kappa shape index (κ2) is 5.93. The fourth-order valence-corrected chi connectivity index (χ4v) is 2.80. The predicted octanol–water partition coefficient (Wildman–Crippen LogP) is 1.98. The monoisotopic (exact) mass is 307 g/mol. The Hall–Kier alpha value is -1.76. The molecule has 1 saturated heterocycles. The molecular weight excluding hydrogens is 290 g/mol. The summed E-state index contributed by atoms with van der Waals surface area (Å²) < 4.78 is 1.48. The minimum absolute atomic E-state index is 0.177. The quantitative estimate of drug-likeness (QED) is 0.863. The molecule has 8 heteroatoms. The van der Waals surface area contributed by atoms with Crippen LogP contribution in [0.25, 0.3) is 5.95 Å². The van der Waals surface area contributed by atoms with Gasteiger partial charge in [-0.1, -0.05) is 13.8 Å². The van der Waals surface area contributed by atoms with E-state index in [1.54, 1.807) is 6.33 Å². The van der Waals surface area contributed by atoms with Crippen LogP contribution in [0.15, 0.2) is 12.7 Å². The average Bonchev–Trinajstić information content (AvgIpc) is 3.01. The van der Waals surface area contributed by atoms with Crippen molar-refractivity contribution in [1.82, 2.24) is 29.7 Å². The maximum Gasteiger partial charge on any atom is 0.258 e. The van der Waals surface area contributed by atoms with Gasteiger partial charge in [-0.3, -0.25) is 0 Å². The van der Waals surface area contributed by atoms with Crippen LogP contribution in [-0.2, 0) is 0 Å². The molecule has 2 aromatic rings. The zero-order valence-corrected chi connectivity index (χ0v) is 12.9. The van der Waals surface area contributed by atoms with Crippen molar-refractivity contribution in [2.24, 2.45) is 11.8 Å². The van der Waals surface area contributed by atoms with Crippen molar-refractivity contribution in [1.29, 1.82) is 0 Å². The van der Waals surface area contributed by atoms with Crippen LogP contribution in [0.2, 0.25) is 5.28 Å². The van der Waals surface area contributed by atoms with Crippen molar-refractivity contribution in [3.8, 4) is 5.95 Å². The maximum atomic E-state index is 6.01. The standard InChI is InChI=1S/C13H18ClN7/c1-9(2)10-3-5-20(6-4-10)12-17-11(14)18-13(19-12)21-8-15-7-16-21/h7-10H,3-6H2,1-2H3. The van der Waals surface area contributed by atoms with E-state index in [0.717, 1.165) is 37.8 Å². The molecule has 0 saturated carbocycles. The van der Waals surface area contributed by atoms with E-state index in [0.29, 0.717) is 11.9 Å². The van der Waals surface area contributed by atoms with E-state index in [-0.39, 0.29) is 5.28 Å². The van der Waals surface area contributed by atoms with Crippen molar-refractivity contribution in [2.45, 2.75) is 26.7 Å². The first-order valence-corrected chi connectivity index (χ1v) is 7.53. The molecule has 3 heterocycles. The zero-order valence-electron chi connectivity index (χ0n) is 12.1. The Morgan fingerprint density at radius 1 is 1.14 bits per heavy atom. The molecule has 1 aliphatic rings. The number of hydrogen-bond acceptors (Lipinski definition) is 6. The lowest BCUT2D eigenvalue weighted by atomic mass is 9.87. The number of nitrogens with zero attached hydrogens (tertiary/aromatic N) is 7. The van der Waals surface area contributed by atoms with Crippen LogP contribution in [0.5, 0.6) is 0 Å². The van der Waals surface area contributed by atoms with E-state index in [9.17, 15) is 0 Å². The Kier molecular flexibility index (Phi) is 4.01. The van der Waals surface area contributed by atoms with E-state index in [1.807, 2.05) is 0 Å². The van der Waals surface area contributed by atoms with Gasteiger partial charge in [0.2, 0.25) is 11.2 Å². The summed E-state index contributed by atoms with van der Waals surface area (Å²) in [5, 5.41) is 4.20. The number of piperidine rings is 1. The number of anilines is 1. The highest BCUT2D eigenvalue weighted by molar-refractivity contribution is 6.28. The molecule has 7 nitrogen and oxygen atoms in total. The zero-order chi connectivity index (χ0) is 14.8. The SMILES string of the molecule is CC(C)C1CCN(c2nc(Cl)nc(-n3cncn3)n2)CC1. The molecule has 0 aliphatic carbocycles. The minimum Gasteiger partial charge on any atom is -0.341 e. The largest absolute Gasteiger partial charge is 0.341 e. The first-order valence-electron chi connectivity index (χ1n) is 7.15. The van der Waals surface area contributed by atoms with E-state index in [1.165, 1.54) is 11.0 Å². The van der Waals surface area contributed by atoms with Crippen molar-refractivity contribution in [3.63, 3.8) is 0 Å². The van der Waals surface area contributed by atoms with Crippen LogP contribution in [0.3, 0.4) is 0 Å². The highest BCUT2D eigenvalue weighted by Crippen LogP contribution is 2.26. The van der Waals surface area contributed by atoms with Gasteiger partial charge in [0.15, 0.2) is 0 Å². The van der Waals surface area contributed by atoms with Gasteiger partial charge < -0.3 is 4.90 Å². The Balaban J connectivity index is 1.80. The van der Waals surface area contributed by atoms with Gasteiger partial charge in [-0.15, -0.1) is 0 Å². The Labute approximate surface area is 128 Å². The topological polar surface area (TPSA) is 72.6 Å². The molecule has 21 heavy (non-hydrogen) atoms. The van der Waals surface area contributed by atoms with Gasteiger partial charge >= 0.3 is 0 Å². The second-order valence-corrected chi connectivity index (χ2v) is 5.95. The Bertz CT molecular complexity index is 591. The number of aromatic nitrogens is 6. The first kappa shape index (κ1) is 14.2. The molecular formula is C13H18ClN7. The summed E-state index contributed by atoms with van der Waals surface area (Å²) >= 11 is 6.01. The van der Waals surface area contributed by atoms with E-state index < -0.39 is 0 Å². The third-order valence-electron chi connectivity index (χ3n) is 3.97. The molecule has 112 valence electrons. The molecule has 0 atom stereocenters. The van der Waals surface area contributed by atoms with Crippen molar-refractivity contribution < 1.29 is 0 Å². The predicted molar refractivity (Wildman–Crippen MR) is 79.5 cm³/mol. The van der Waals surface area contributed by atoms with Crippen molar-refractivity contribution in [3.05, 3.63) is 17.9 Å². The minimum atomic E-state index is 0.177. The van der Waals surface area contributed by atoms with E-state index in [4.69, 9.17) is 11.6 Å². The molecule has 0 amide bonds. The third-order valence-corrected chi connectivity index (χ3v) is 4.14. The maximum absolute atomic E-state index is 6.01. The van der Waals surface area contributed by atoms with E-state index >= 15 is 0 Å². The van der Waals surface area contributed by atoms with Crippen LogP contribution >= 0.6 is 11.6 Å². The molecule has 0 N–H and O–H groups in total. The highest BCUT2D eigenvalue weighted by atomic mass is 35.5. The number of halogens is 1. The summed E-state index contributed by atoms with van der Waals surface area (Å²) in [5.41, 5.74) is 0. The molecule has 0 radical (unpaired) electrons. The number of rotatable bonds is 3. The summed E-state index contributed by atoms with van der Waals surface area (Å²) in [6, 6.07) is 0. The average molecular weight is 308 g/mol. The normalized spacial score (nSPS) is 16.7. The summed E-state index contributed by atoms with van der Waals surface area (Å²) in [5.74, 6) is 2.50. The van der Waals surface area contributed by atoms with Crippen molar-refractivity contribution >= 4 is 17.5 Å². The number of hydrogen-bond donors (Lipinski definition) is 0. The van der Waals surface area contributed by atoms with Crippen LogP contribution in [0, 0.1) is 11.8 Å². The fraction of sp³-hybridized carbons (Fsp3) is 0.615. The lowest BCUT2D eigenvalue weighted by molar-refractivity contribution is 0.310. The smallest absolute Gasteiger partial charge is 0.258 e. The fourth-order valence-electron chi connectivity index (χ4n) is 2.65. The van der Waals surface area contributed by atoms with Gasteiger partial charge in [0.05, 0.1) is 0 Å². The van der Waals surface area contributed by atoms with Crippen LogP contribution < -0.4 is 4.90 Å². The van der Waals surface area contributed by atoms with Crippen LogP contribution in [-0.4, -0.2) is 42.8 Å².